The number of aliphatic carboxylic acids is 1. The minimum absolute atomic E-state index is 0.00188. The summed E-state index contributed by atoms with van der Waals surface area (Å²) in [5.41, 5.74) is 0.527. The number of carbonyl (C=O) groups is 2. The Morgan fingerprint density at radius 1 is 1.43 bits per heavy atom. The molecule has 0 fully saturated rings. The Labute approximate surface area is 123 Å². The Bertz CT molecular complexity index is 689. The summed E-state index contributed by atoms with van der Waals surface area (Å²) in [6, 6.07) is 3.44. The highest BCUT2D eigenvalue weighted by Crippen LogP contribution is 2.17. The summed E-state index contributed by atoms with van der Waals surface area (Å²) >= 11 is 5.77. The highest BCUT2D eigenvalue weighted by Gasteiger charge is 2.12. The molecule has 0 saturated carbocycles. The summed E-state index contributed by atoms with van der Waals surface area (Å²) in [6.45, 7) is -0.267. The van der Waals surface area contributed by atoms with E-state index in [-0.39, 0.29) is 23.7 Å². The second-order valence-corrected chi connectivity index (χ2v) is 4.52. The summed E-state index contributed by atoms with van der Waals surface area (Å²) in [7, 11) is 0. The maximum absolute atomic E-state index is 12.9. The molecule has 2 N–H and O–H groups in total. The van der Waals surface area contributed by atoms with Crippen molar-refractivity contribution in [1.29, 1.82) is 0 Å². The molecule has 0 unspecified atom stereocenters. The van der Waals surface area contributed by atoms with Crippen molar-refractivity contribution in [3.63, 3.8) is 0 Å². The molecule has 0 bridgehead atoms. The van der Waals surface area contributed by atoms with Crippen LogP contribution in [-0.4, -0.2) is 32.0 Å². The normalized spacial score (nSPS) is 10.4. The van der Waals surface area contributed by atoms with Crippen LogP contribution in [0.4, 0.5) is 4.39 Å². The van der Waals surface area contributed by atoms with Crippen molar-refractivity contribution in [3.05, 3.63) is 46.5 Å². The van der Waals surface area contributed by atoms with Crippen molar-refractivity contribution in [2.75, 3.05) is 0 Å². The first-order valence-electron chi connectivity index (χ1n) is 5.80. The van der Waals surface area contributed by atoms with Crippen molar-refractivity contribution in [1.82, 2.24) is 20.3 Å². The summed E-state index contributed by atoms with van der Waals surface area (Å²) in [4.78, 5) is 22.4. The highest BCUT2D eigenvalue weighted by atomic mass is 35.5. The van der Waals surface area contributed by atoms with E-state index >= 15 is 0 Å². The van der Waals surface area contributed by atoms with Gasteiger partial charge >= 0.3 is 5.97 Å². The summed E-state index contributed by atoms with van der Waals surface area (Å²) in [5, 5.41) is 18.4. The fourth-order valence-corrected chi connectivity index (χ4v) is 1.83. The molecule has 1 heterocycles. The van der Waals surface area contributed by atoms with Crippen LogP contribution in [0.15, 0.2) is 24.4 Å². The first-order valence-corrected chi connectivity index (χ1v) is 6.17. The van der Waals surface area contributed by atoms with Crippen molar-refractivity contribution < 1.29 is 19.1 Å². The van der Waals surface area contributed by atoms with Crippen LogP contribution in [0.1, 0.15) is 16.1 Å². The van der Waals surface area contributed by atoms with Gasteiger partial charge in [0.25, 0.3) is 5.91 Å². The van der Waals surface area contributed by atoms with Gasteiger partial charge in [-0.05, 0) is 18.2 Å². The number of halogens is 2. The topological polar surface area (TPSA) is 97.1 Å². The third-order valence-electron chi connectivity index (χ3n) is 2.49. The van der Waals surface area contributed by atoms with Crippen molar-refractivity contribution in [3.8, 4) is 0 Å². The van der Waals surface area contributed by atoms with Crippen LogP contribution >= 0.6 is 11.6 Å². The molecule has 21 heavy (non-hydrogen) atoms. The lowest BCUT2D eigenvalue weighted by atomic mass is 10.2. The number of hydrogen-bond acceptors (Lipinski definition) is 4. The fourth-order valence-electron chi connectivity index (χ4n) is 1.58. The standard InChI is InChI=1S/C12H10ClFN4O3/c13-10-3-7(14)1-2-9(10)12(21)15-4-8-5-18(17-16-8)6-11(19)20/h1-3,5H,4,6H2,(H,15,21)(H,19,20). The van der Waals surface area contributed by atoms with Crippen molar-refractivity contribution >= 4 is 23.5 Å². The van der Waals surface area contributed by atoms with E-state index in [1.165, 1.54) is 12.3 Å². The van der Waals surface area contributed by atoms with Crippen LogP contribution in [0.25, 0.3) is 0 Å². The largest absolute Gasteiger partial charge is 0.480 e. The molecule has 0 aliphatic carbocycles. The average molecular weight is 313 g/mol. The van der Waals surface area contributed by atoms with E-state index < -0.39 is 17.7 Å². The number of rotatable bonds is 5. The Hall–Kier alpha value is -2.48. The van der Waals surface area contributed by atoms with Gasteiger partial charge in [0, 0.05) is 0 Å². The molecule has 1 aromatic heterocycles. The van der Waals surface area contributed by atoms with Gasteiger partial charge in [-0.1, -0.05) is 16.8 Å². The van der Waals surface area contributed by atoms with Gasteiger partial charge in [0.2, 0.25) is 0 Å². The minimum atomic E-state index is -1.05. The van der Waals surface area contributed by atoms with Gasteiger partial charge in [0.1, 0.15) is 18.1 Å². The Morgan fingerprint density at radius 2 is 2.19 bits per heavy atom. The quantitative estimate of drug-likeness (QED) is 0.861. The van der Waals surface area contributed by atoms with Crippen LogP contribution < -0.4 is 5.32 Å². The molecular formula is C12H10ClFN4O3. The number of aromatic nitrogens is 3. The zero-order valence-electron chi connectivity index (χ0n) is 10.6. The zero-order valence-corrected chi connectivity index (χ0v) is 11.3. The Kier molecular flexibility index (Phi) is 4.49. The molecule has 2 aromatic rings. The van der Waals surface area contributed by atoms with Gasteiger partial charge < -0.3 is 10.4 Å². The molecular weight excluding hydrogens is 303 g/mol. The number of benzene rings is 1. The third kappa shape index (κ3) is 3.99. The SMILES string of the molecule is O=C(O)Cn1cc(CNC(=O)c2ccc(F)cc2Cl)nn1. The van der Waals surface area contributed by atoms with Gasteiger partial charge in [-0.15, -0.1) is 5.10 Å². The molecule has 7 nitrogen and oxygen atoms in total. The number of carboxylic acid groups (broad SMARTS) is 1. The molecule has 1 amide bonds. The van der Waals surface area contributed by atoms with E-state index in [9.17, 15) is 14.0 Å². The lowest BCUT2D eigenvalue weighted by Gasteiger charge is -2.05. The number of nitrogens with one attached hydrogen (secondary N) is 1. The average Bonchev–Trinajstić information content (AvgIpc) is 2.82. The number of hydrogen-bond donors (Lipinski definition) is 2. The van der Waals surface area contributed by atoms with Crippen LogP contribution in [0.2, 0.25) is 5.02 Å². The van der Waals surface area contributed by atoms with E-state index in [0.717, 1.165) is 16.8 Å². The van der Waals surface area contributed by atoms with Gasteiger partial charge in [-0.2, -0.15) is 0 Å². The summed E-state index contributed by atoms with van der Waals surface area (Å²) in [6.07, 6.45) is 1.40. The van der Waals surface area contributed by atoms with Crippen LogP contribution in [0, 0.1) is 5.82 Å². The van der Waals surface area contributed by atoms with E-state index in [1.807, 2.05) is 0 Å². The summed E-state index contributed by atoms with van der Waals surface area (Å²) in [5.74, 6) is -2.07. The molecule has 0 aliphatic rings. The molecule has 9 heteroatoms. The van der Waals surface area contributed by atoms with Crippen molar-refractivity contribution in [2.45, 2.75) is 13.1 Å². The number of carboxylic acids is 1. The third-order valence-corrected chi connectivity index (χ3v) is 2.80. The van der Waals surface area contributed by atoms with Crippen LogP contribution in [0.5, 0.6) is 0 Å². The van der Waals surface area contributed by atoms with E-state index in [0.29, 0.717) is 5.69 Å². The fraction of sp³-hybridized carbons (Fsp3) is 0.167. The molecule has 110 valence electrons. The highest BCUT2D eigenvalue weighted by molar-refractivity contribution is 6.33. The Morgan fingerprint density at radius 3 is 2.86 bits per heavy atom. The van der Waals surface area contributed by atoms with Gasteiger partial charge in [0.05, 0.1) is 23.3 Å². The maximum atomic E-state index is 12.9. The van der Waals surface area contributed by atoms with Crippen LogP contribution in [0.3, 0.4) is 0 Å². The molecule has 0 aliphatic heterocycles. The number of amides is 1. The van der Waals surface area contributed by atoms with E-state index in [4.69, 9.17) is 16.7 Å². The summed E-state index contributed by atoms with van der Waals surface area (Å²) < 4.78 is 14.0. The Balaban J connectivity index is 1.97. The lowest BCUT2D eigenvalue weighted by Crippen LogP contribution is -2.23. The van der Waals surface area contributed by atoms with Crippen LogP contribution in [-0.2, 0) is 17.9 Å². The molecule has 0 radical (unpaired) electrons. The first kappa shape index (κ1) is 14.9. The van der Waals surface area contributed by atoms with E-state index in [2.05, 4.69) is 15.6 Å². The smallest absolute Gasteiger partial charge is 0.325 e. The number of nitrogens with zero attached hydrogens (tertiary/aromatic N) is 3. The molecule has 2 rings (SSSR count). The molecule has 0 atom stereocenters. The molecule has 1 aromatic carbocycles. The van der Waals surface area contributed by atoms with Gasteiger partial charge in [0.15, 0.2) is 0 Å². The zero-order chi connectivity index (χ0) is 15.4. The first-order chi connectivity index (χ1) is 9.95. The second kappa shape index (κ2) is 6.31. The molecule has 0 saturated heterocycles. The second-order valence-electron chi connectivity index (χ2n) is 4.11. The predicted octanol–water partition coefficient (Wildman–Crippen LogP) is 1.09. The monoisotopic (exact) mass is 312 g/mol. The van der Waals surface area contributed by atoms with Gasteiger partial charge in [-0.3, -0.25) is 9.59 Å². The maximum Gasteiger partial charge on any atom is 0.325 e. The van der Waals surface area contributed by atoms with Crippen molar-refractivity contribution in [2.24, 2.45) is 0 Å². The minimum Gasteiger partial charge on any atom is -0.480 e. The molecule has 0 spiro atoms. The van der Waals surface area contributed by atoms with Gasteiger partial charge in [-0.25, -0.2) is 9.07 Å². The van der Waals surface area contributed by atoms with E-state index in [1.54, 1.807) is 0 Å². The predicted molar refractivity (Wildman–Crippen MR) is 70.2 cm³/mol. The number of carbonyl (C=O) groups excluding carboxylic acids is 1. The lowest BCUT2D eigenvalue weighted by molar-refractivity contribution is -0.137.